The van der Waals surface area contributed by atoms with Crippen LogP contribution in [0.5, 0.6) is 5.75 Å². The molecule has 124 valence electrons. The number of benzene rings is 1. The van der Waals surface area contributed by atoms with Crippen molar-refractivity contribution < 1.29 is 9.26 Å². The molecule has 2 N–H and O–H groups in total. The second kappa shape index (κ2) is 6.20. The fourth-order valence-electron chi connectivity index (χ4n) is 2.42. The fourth-order valence-corrected chi connectivity index (χ4v) is 3.16. The van der Waals surface area contributed by atoms with Crippen LogP contribution in [-0.2, 0) is 5.75 Å². The average Bonchev–Trinajstić information content (AvgIpc) is 3.23. The molecule has 1 saturated carbocycles. The van der Waals surface area contributed by atoms with Gasteiger partial charge in [-0.15, -0.1) is 10.2 Å². The lowest BCUT2D eigenvalue weighted by atomic mass is 10.1. The summed E-state index contributed by atoms with van der Waals surface area (Å²) >= 11 is 1.49. The van der Waals surface area contributed by atoms with Crippen LogP contribution in [0.15, 0.2) is 40.0 Å². The van der Waals surface area contributed by atoms with Gasteiger partial charge in [0.05, 0.1) is 12.9 Å². The zero-order valence-electron chi connectivity index (χ0n) is 13.2. The van der Waals surface area contributed by atoms with E-state index in [1.807, 2.05) is 30.3 Å². The van der Waals surface area contributed by atoms with Crippen LogP contribution in [0, 0.1) is 0 Å². The molecule has 24 heavy (non-hydrogen) atoms. The SMILES string of the molecule is COc1ccc(-c2cc(CSc3nnc(C4CC4)n3N)on2)cc1. The van der Waals surface area contributed by atoms with E-state index in [0.717, 1.165) is 41.4 Å². The predicted octanol–water partition coefficient (Wildman–Crippen LogP) is 2.83. The average molecular weight is 343 g/mol. The van der Waals surface area contributed by atoms with Crippen molar-refractivity contribution >= 4 is 11.8 Å². The van der Waals surface area contributed by atoms with Crippen LogP contribution in [0.4, 0.5) is 0 Å². The summed E-state index contributed by atoms with van der Waals surface area (Å²) in [6.07, 6.45) is 2.29. The van der Waals surface area contributed by atoms with Crippen LogP contribution in [0.3, 0.4) is 0 Å². The normalized spacial score (nSPS) is 14.0. The number of methoxy groups -OCH3 is 1. The summed E-state index contributed by atoms with van der Waals surface area (Å²) in [5.41, 5.74) is 1.77. The molecule has 7 nitrogen and oxygen atoms in total. The van der Waals surface area contributed by atoms with Crippen molar-refractivity contribution in [2.24, 2.45) is 0 Å². The van der Waals surface area contributed by atoms with Gasteiger partial charge >= 0.3 is 0 Å². The van der Waals surface area contributed by atoms with Gasteiger partial charge in [-0.05, 0) is 37.1 Å². The third-order valence-corrected chi connectivity index (χ3v) is 4.89. The first kappa shape index (κ1) is 15.1. The maximum absolute atomic E-state index is 6.04. The fraction of sp³-hybridized carbons (Fsp3) is 0.312. The van der Waals surface area contributed by atoms with E-state index in [4.69, 9.17) is 15.1 Å². The Bertz CT molecular complexity index is 839. The Hall–Kier alpha value is -2.48. The van der Waals surface area contributed by atoms with Crippen LogP contribution in [0.1, 0.15) is 30.3 Å². The second-order valence-corrected chi connectivity index (χ2v) is 6.62. The number of hydrogen-bond donors (Lipinski definition) is 1. The molecule has 1 aliphatic rings. The number of ether oxygens (including phenoxy) is 1. The smallest absolute Gasteiger partial charge is 0.210 e. The van der Waals surface area contributed by atoms with Crippen LogP contribution in [0.2, 0.25) is 0 Å². The topological polar surface area (TPSA) is 92.0 Å². The number of nitrogens with zero attached hydrogens (tertiary/aromatic N) is 4. The third kappa shape index (κ3) is 2.96. The Morgan fingerprint density at radius 3 is 2.79 bits per heavy atom. The van der Waals surface area contributed by atoms with Gasteiger partial charge in [-0.2, -0.15) is 0 Å². The van der Waals surface area contributed by atoms with Gasteiger partial charge in [0.1, 0.15) is 17.2 Å². The van der Waals surface area contributed by atoms with Gasteiger partial charge in [0.15, 0.2) is 5.82 Å². The highest BCUT2D eigenvalue weighted by molar-refractivity contribution is 7.98. The first-order valence-electron chi connectivity index (χ1n) is 7.68. The summed E-state index contributed by atoms with van der Waals surface area (Å²) in [4.78, 5) is 0. The Balaban J connectivity index is 1.43. The van der Waals surface area contributed by atoms with Gasteiger partial charge in [-0.3, -0.25) is 0 Å². The van der Waals surface area contributed by atoms with E-state index in [9.17, 15) is 0 Å². The third-order valence-electron chi connectivity index (χ3n) is 3.92. The van der Waals surface area contributed by atoms with Gasteiger partial charge in [0.25, 0.3) is 0 Å². The first-order chi connectivity index (χ1) is 11.7. The maximum Gasteiger partial charge on any atom is 0.210 e. The number of thioether (sulfide) groups is 1. The van der Waals surface area contributed by atoms with E-state index in [2.05, 4.69) is 15.4 Å². The molecule has 0 unspecified atom stereocenters. The zero-order valence-corrected chi connectivity index (χ0v) is 14.0. The molecule has 1 aliphatic carbocycles. The highest BCUT2D eigenvalue weighted by atomic mass is 32.2. The minimum atomic E-state index is 0.476. The minimum Gasteiger partial charge on any atom is -0.497 e. The van der Waals surface area contributed by atoms with Crippen LogP contribution < -0.4 is 10.6 Å². The Labute approximate surface area is 143 Å². The monoisotopic (exact) mass is 343 g/mol. The highest BCUT2D eigenvalue weighted by Crippen LogP contribution is 2.39. The lowest BCUT2D eigenvalue weighted by molar-refractivity contribution is 0.397. The van der Waals surface area contributed by atoms with Crippen molar-refractivity contribution in [2.75, 3.05) is 13.0 Å². The summed E-state index contributed by atoms with van der Waals surface area (Å²) in [5.74, 6) is 9.57. The van der Waals surface area contributed by atoms with Crippen LogP contribution >= 0.6 is 11.8 Å². The van der Waals surface area contributed by atoms with Gasteiger partial charge in [-0.1, -0.05) is 16.9 Å². The van der Waals surface area contributed by atoms with Gasteiger partial charge < -0.3 is 15.1 Å². The quantitative estimate of drug-likeness (QED) is 0.543. The predicted molar refractivity (Wildman–Crippen MR) is 90.2 cm³/mol. The number of aromatic nitrogens is 4. The lowest BCUT2D eigenvalue weighted by Gasteiger charge is -2.00. The zero-order chi connectivity index (χ0) is 16.5. The Morgan fingerprint density at radius 1 is 1.29 bits per heavy atom. The molecule has 1 fully saturated rings. The highest BCUT2D eigenvalue weighted by Gasteiger charge is 2.29. The van der Waals surface area contributed by atoms with E-state index in [-0.39, 0.29) is 0 Å². The molecule has 2 heterocycles. The molecular weight excluding hydrogens is 326 g/mol. The summed E-state index contributed by atoms with van der Waals surface area (Å²) in [5, 5.41) is 13.1. The molecule has 0 spiro atoms. The van der Waals surface area contributed by atoms with Crippen LogP contribution in [0.25, 0.3) is 11.3 Å². The number of rotatable bonds is 6. The Kier molecular flexibility index (Phi) is 3.89. The summed E-state index contributed by atoms with van der Waals surface area (Å²) in [6, 6.07) is 9.62. The molecular formula is C16H17N5O2S. The van der Waals surface area contributed by atoms with Gasteiger partial charge in [0.2, 0.25) is 5.16 Å². The van der Waals surface area contributed by atoms with Crippen molar-refractivity contribution in [1.29, 1.82) is 0 Å². The van der Waals surface area contributed by atoms with Crippen molar-refractivity contribution in [3.05, 3.63) is 41.9 Å². The van der Waals surface area contributed by atoms with E-state index < -0.39 is 0 Å². The molecule has 0 bridgehead atoms. The molecule has 0 aliphatic heterocycles. The molecule has 4 rings (SSSR count). The van der Waals surface area contributed by atoms with E-state index in [1.165, 1.54) is 11.8 Å². The minimum absolute atomic E-state index is 0.476. The molecule has 2 aromatic heterocycles. The van der Waals surface area contributed by atoms with E-state index in [0.29, 0.717) is 16.8 Å². The van der Waals surface area contributed by atoms with Crippen molar-refractivity contribution in [1.82, 2.24) is 20.0 Å². The molecule has 8 heteroatoms. The van der Waals surface area contributed by atoms with E-state index in [1.54, 1.807) is 11.8 Å². The van der Waals surface area contributed by atoms with Crippen molar-refractivity contribution in [3.8, 4) is 17.0 Å². The lowest BCUT2D eigenvalue weighted by Crippen LogP contribution is -2.13. The summed E-state index contributed by atoms with van der Waals surface area (Å²) in [6.45, 7) is 0. The number of nitrogens with two attached hydrogens (primary N) is 1. The van der Waals surface area contributed by atoms with Crippen LogP contribution in [-0.4, -0.2) is 27.1 Å². The molecule has 1 aromatic carbocycles. The summed E-state index contributed by atoms with van der Waals surface area (Å²) in [7, 11) is 1.64. The molecule has 0 atom stereocenters. The number of nitrogen functional groups attached to an aromatic ring is 1. The molecule has 3 aromatic rings. The van der Waals surface area contributed by atoms with Crippen molar-refractivity contribution in [3.63, 3.8) is 0 Å². The molecule has 0 saturated heterocycles. The van der Waals surface area contributed by atoms with Gasteiger partial charge in [-0.25, -0.2) is 4.68 Å². The summed E-state index contributed by atoms with van der Waals surface area (Å²) < 4.78 is 12.1. The second-order valence-electron chi connectivity index (χ2n) is 5.68. The Morgan fingerprint density at radius 2 is 2.08 bits per heavy atom. The van der Waals surface area contributed by atoms with E-state index >= 15 is 0 Å². The largest absolute Gasteiger partial charge is 0.497 e. The molecule has 0 radical (unpaired) electrons. The standard InChI is InChI=1S/C16H17N5O2S/c1-22-12-6-4-10(5-7-12)14-8-13(23-20-14)9-24-16-19-18-15(21(16)17)11-2-3-11/h4-8,11H,2-3,9,17H2,1H3. The van der Waals surface area contributed by atoms with Gasteiger partial charge in [0, 0.05) is 17.5 Å². The first-order valence-corrected chi connectivity index (χ1v) is 8.66. The molecule has 0 amide bonds. The van der Waals surface area contributed by atoms with Crippen molar-refractivity contribution in [2.45, 2.75) is 29.7 Å². The number of hydrogen-bond acceptors (Lipinski definition) is 7. The maximum atomic E-state index is 6.04.